The van der Waals surface area contributed by atoms with Gasteiger partial charge in [0, 0.05) is 31.1 Å². The fraction of sp³-hybridized carbons (Fsp3) is 0.172. The average Bonchev–Trinajstić information content (AvgIpc) is 3.58. The van der Waals surface area contributed by atoms with Crippen LogP contribution in [0.1, 0.15) is 19.8 Å². The van der Waals surface area contributed by atoms with Gasteiger partial charge >= 0.3 is 0 Å². The van der Waals surface area contributed by atoms with E-state index in [2.05, 4.69) is 16.9 Å². The maximum Gasteiger partial charge on any atom is 0.241 e. The van der Waals surface area contributed by atoms with E-state index in [1.807, 2.05) is 16.8 Å². The molecule has 40 heavy (non-hydrogen) atoms. The monoisotopic (exact) mass is 559 g/mol. The number of carbonyl (C=O) groups excluding carboxylic acids is 2. The SMILES string of the molecule is CCCn1cnc(-c2cc3nccc(Oc4ccc(N(C(=O)CC(N)=O)c5ccccc5OC)cc4F)c3s2)c1. The Morgan fingerprint density at radius 1 is 1.07 bits per heavy atom. The molecule has 0 radical (unpaired) electrons. The van der Waals surface area contributed by atoms with Crippen molar-refractivity contribution in [3.8, 4) is 27.8 Å². The Kier molecular flexibility index (Phi) is 7.74. The fourth-order valence-electron chi connectivity index (χ4n) is 4.28. The lowest BCUT2D eigenvalue weighted by atomic mass is 10.2. The first-order valence-corrected chi connectivity index (χ1v) is 13.3. The van der Waals surface area contributed by atoms with Crippen LogP contribution in [0.15, 0.2) is 73.3 Å². The molecule has 3 aromatic heterocycles. The minimum atomic E-state index is -0.806. The summed E-state index contributed by atoms with van der Waals surface area (Å²) in [5.41, 5.74) is 7.33. The molecular formula is C29H26FN5O4S. The number of aromatic nitrogens is 3. The van der Waals surface area contributed by atoms with Crippen LogP contribution in [0.2, 0.25) is 0 Å². The number of primary amides is 1. The van der Waals surface area contributed by atoms with Crippen LogP contribution < -0.4 is 20.1 Å². The van der Waals surface area contributed by atoms with Gasteiger partial charge in [0.05, 0.1) is 45.6 Å². The Bertz CT molecular complexity index is 1700. The zero-order valence-corrected chi connectivity index (χ0v) is 22.7. The van der Waals surface area contributed by atoms with Gasteiger partial charge in [-0.2, -0.15) is 0 Å². The summed E-state index contributed by atoms with van der Waals surface area (Å²) < 4.78 is 29.6. The van der Waals surface area contributed by atoms with E-state index >= 15 is 4.39 Å². The Hall–Kier alpha value is -4.77. The number of carbonyl (C=O) groups is 2. The molecule has 3 heterocycles. The predicted molar refractivity (Wildman–Crippen MR) is 152 cm³/mol. The number of halogens is 1. The number of fused-ring (bicyclic) bond motifs is 1. The third-order valence-corrected chi connectivity index (χ3v) is 7.20. The first-order valence-electron chi connectivity index (χ1n) is 12.5. The Morgan fingerprint density at radius 3 is 2.65 bits per heavy atom. The first-order chi connectivity index (χ1) is 19.4. The van der Waals surface area contributed by atoms with Crippen LogP contribution >= 0.6 is 11.3 Å². The zero-order valence-electron chi connectivity index (χ0n) is 21.8. The molecule has 2 amide bonds. The average molecular weight is 560 g/mol. The lowest BCUT2D eigenvalue weighted by molar-refractivity contribution is -0.125. The summed E-state index contributed by atoms with van der Waals surface area (Å²) in [4.78, 5) is 35.6. The summed E-state index contributed by atoms with van der Waals surface area (Å²) in [6.45, 7) is 2.98. The van der Waals surface area contributed by atoms with Gasteiger partial charge in [0.15, 0.2) is 11.6 Å². The van der Waals surface area contributed by atoms with Crippen molar-refractivity contribution in [1.29, 1.82) is 0 Å². The molecule has 11 heteroatoms. The lowest BCUT2D eigenvalue weighted by Gasteiger charge is -2.24. The molecule has 0 bridgehead atoms. The highest BCUT2D eigenvalue weighted by Crippen LogP contribution is 2.40. The fourth-order valence-corrected chi connectivity index (χ4v) is 5.31. The molecule has 2 N–H and O–H groups in total. The summed E-state index contributed by atoms with van der Waals surface area (Å²) in [7, 11) is 1.45. The van der Waals surface area contributed by atoms with Crippen molar-refractivity contribution >= 4 is 44.7 Å². The molecule has 204 valence electrons. The number of para-hydroxylation sites is 2. The van der Waals surface area contributed by atoms with Crippen LogP contribution in [0.3, 0.4) is 0 Å². The normalized spacial score (nSPS) is 11.0. The van der Waals surface area contributed by atoms with Gasteiger partial charge in [-0.15, -0.1) is 11.3 Å². The van der Waals surface area contributed by atoms with Gasteiger partial charge in [0.25, 0.3) is 0 Å². The molecule has 0 spiro atoms. The van der Waals surface area contributed by atoms with E-state index in [9.17, 15) is 9.59 Å². The zero-order chi connectivity index (χ0) is 28.2. The highest BCUT2D eigenvalue weighted by molar-refractivity contribution is 7.22. The quantitative estimate of drug-likeness (QED) is 0.209. The molecule has 0 aliphatic carbocycles. The predicted octanol–water partition coefficient (Wildman–Crippen LogP) is 6.05. The number of nitrogens with zero attached hydrogens (tertiary/aromatic N) is 4. The molecule has 0 fully saturated rings. The maximum absolute atomic E-state index is 15.5. The number of anilines is 2. The van der Waals surface area contributed by atoms with E-state index in [-0.39, 0.29) is 11.4 Å². The summed E-state index contributed by atoms with van der Waals surface area (Å²) in [5.74, 6) is -1.38. The summed E-state index contributed by atoms with van der Waals surface area (Å²) in [5, 5.41) is 0. The van der Waals surface area contributed by atoms with Crippen LogP contribution in [0.4, 0.5) is 15.8 Å². The van der Waals surface area contributed by atoms with Crippen LogP contribution in [-0.4, -0.2) is 33.5 Å². The van der Waals surface area contributed by atoms with Crippen molar-refractivity contribution in [2.75, 3.05) is 12.0 Å². The Morgan fingerprint density at radius 2 is 1.90 bits per heavy atom. The number of hydrogen-bond acceptors (Lipinski definition) is 7. The molecule has 0 saturated carbocycles. The topological polar surface area (TPSA) is 113 Å². The van der Waals surface area contributed by atoms with Crippen LogP contribution in [-0.2, 0) is 16.1 Å². The molecule has 0 aliphatic rings. The maximum atomic E-state index is 15.5. The summed E-state index contributed by atoms with van der Waals surface area (Å²) >= 11 is 1.46. The van der Waals surface area contributed by atoms with Gasteiger partial charge in [-0.25, -0.2) is 9.37 Å². The summed E-state index contributed by atoms with van der Waals surface area (Å²) in [6.07, 6.45) is 5.82. The number of imidazole rings is 1. The van der Waals surface area contributed by atoms with E-state index < -0.39 is 24.1 Å². The minimum absolute atomic E-state index is 0.0410. The van der Waals surface area contributed by atoms with Gasteiger partial charge in [-0.3, -0.25) is 19.5 Å². The van der Waals surface area contributed by atoms with E-state index in [1.165, 1.54) is 41.5 Å². The largest absolute Gasteiger partial charge is 0.495 e. The second-order valence-electron chi connectivity index (χ2n) is 8.89. The summed E-state index contributed by atoms with van der Waals surface area (Å²) in [6, 6.07) is 14.5. The number of thiophene rings is 1. The number of ether oxygens (including phenoxy) is 2. The number of benzene rings is 2. The highest BCUT2D eigenvalue weighted by Gasteiger charge is 2.24. The molecule has 5 aromatic rings. The standard InChI is InChI=1S/C29H26FN5O4S/c1-3-12-34-16-21(33-17-34)26-14-20-29(40-26)25(10-11-32-20)39-23-9-8-18(13-19(23)30)35(28(37)15-27(31)36)22-6-4-5-7-24(22)38-2/h4-11,13-14,16-17H,3,12,15H2,1-2H3,(H2,31,36). The minimum Gasteiger partial charge on any atom is -0.495 e. The number of methoxy groups -OCH3 is 1. The third-order valence-electron chi connectivity index (χ3n) is 6.04. The van der Waals surface area contributed by atoms with E-state index in [0.717, 1.165) is 28.2 Å². The second-order valence-corrected chi connectivity index (χ2v) is 9.94. The molecule has 0 saturated heterocycles. The number of hydrogen-bond donors (Lipinski definition) is 1. The molecule has 0 unspecified atom stereocenters. The van der Waals surface area contributed by atoms with Gasteiger partial charge in [0.1, 0.15) is 17.9 Å². The number of rotatable bonds is 10. The van der Waals surface area contributed by atoms with Gasteiger partial charge in [-0.1, -0.05) is 19.1 Å². The molecular weight excluding hydrogens is 533 g/mol. The first kappa shape index (κ1) is 26.8. The number of pyridine rings is 1. The molecule has 2 aromatic carbocycles. The number of aryl methyl sites for hydroxylation is 1. The number of nitrogens with two attached hydrogens (primary N) is 1. The van der Waals surface area contributed by atoms with Crippen molar-refractivity contribution in [2.45, 2.75) is 26.3 Å². The Balaban J connectivity index is 1.47. The van der Waals surface area contributed by atoms with Gasteiger partial charge in [-0.05, 0) is 36.8 Å². The second kappa shape index (κ2) is 11.5. The van der Waals surface area contributed by atoms with Crippen LogP contribution in [0.5, 0.6) is 17.2 Å². The third kappa shape index (κ3) is 5.50. The van der Waals surface area contributed by atoms with Crippen molar-refractivity contribution < 1.29 is 23.5 Å². The van der Waals surface area contributed by atoms with Crippen molar-refractivity contribution in [1.82, 2.24) is 14.5 Å². The van der Waals surface area contributed by atoms with E-state index in [4.69, 9.17) is 15.2 Å². The number of amides is 2. The molecule has 0 aliphatic heterocycles. The van der Waals surface area contributed by atoms with Crippen LogP contribution in [0.25, 0.3) is 20.8 Å². The van der Waals surface area contributed by atoms with Crippen molar-refractivity contribution in [3.63, 3.8) is 0 Å². The lowest BCUT2D eigenvalue weighted by Crippen LogP contribution is -2.30. The van der Waals surface area contributed by atoms with Gasteiger partial charge in [0.2, 0.25) is 11.8 Å². The molecule has 0 atom stereocenters. The molecule has 5 rings (SSSR count). The highest BCUT2D eigenvalue weighted by atomic mass is 32.1. The Labute approximate surface area is 233 Å². The van der Waals surface area contributed by atoms with Crippen LogP contribution in [0, 0.1) is 5.82 Å². The van der Waals surface area contributed by atoms with E-state index in [1.54, 1.807) is 42.9 Å². The smallest absolute Gasteiger partial charge is 0.241 e. The van der Waals surface area contributed by atoms with Crippen molar-refractivity contribution in [2.24, 2.45) is 5.73 Å². The van der Waals surface area contributed by atoms with Crippen molar-refractivity contribution in [3.05, 3.63) is 79.1 Å². The van der Waals surface area contributed by atoms with E-state index in [0.29, 0.717) is 22.7 Å². The van der Waals surface area contributed by atoms with Gasteiger partial charge < -0.3 is 19.8 Å². The molecule has 9 nitrogen and oxygen atoms in total.